The molecule has 158 valence electrons. The first-order chi connectivity index (χ1) is 14.3. The van der Waals surface area contributed by atoms with Gasteiger partial charge in [-0.05, 0) is 52.1 Å². The third kappa shape index (κ3) is 3.52. The van der Waals surface area contributed by atoms with Gasteiger partial charge in [0.25, 0.3) is 8.32 Å². The van der Waals surface area contributed by atoms with Crippen molar-refractivity contribution in [2.45, 2.75) is 58.4 Å². The van der Waals surface area contributed by atoms with E-state index in [0.29, 0.717) is 18.1 Å². The van der Waals surface area contributed by atoms with Crippen LogP contribution in [-0.4, -0.2) is 20.7 Å². The Balaban J connectivity index is 1.73. The number of rotatable bonds is 5. The topological polar surface area (TPSA) is 26.3 Å². The molecule has 1 saturated carbocycles. The molecule has 0 amide bonds. The van der Waals surface area contributed by atoms with E-state index in [-0.39, 0.29) is 10.5 Å². The van der Waals surface area contributed by atoms with Crippen LogP contribution in [0.2, 0.25) is 5.04 Å². The SMILES string of the molecule is CC(C)(C)[Si](OC[C@H]1CCC2=CC(=O)CC[C@@]21C)(c1ccccc1)c1ccccc1. The molecule has 0 heterocycles. The molecule has 0 saturated heterocycles. The van der Waals surface area contributed by atoms with Crippen molar-refractivity contribution in [3.8, 4) is 0 Å². The largest absolute Gasteiger partial charge is 0.407 e. The van der Waals surface area contributed by atoms with E-state index >= 15 is 0 Å². The molecule has 0 aliphatic heterocycles. The van der Waals surface area contributed by atoms with Crippen LogP contribution in [0.1, 0.15) is 53.4 Å². The summed E-state index contributed by atoms with van der Waals surface area (Å²) >= 11 is 0. The van der Waals surface area contributed by atoms with Crippen molar-refractivity contribution < 1.29 is 9.22 Å². The molecule has 0 aromatic heterocycles. The van der Waals surface area contributed by atoms with Crippen molar-refractivity contribution in [3.05, 3.63) is 72.3 Å². The van der Waals surface area contributed by atoms with Crippen LogP contribution in [0.25, 0.3) is 0 Å². The van der Waals surface area contributed by atoms with Crippen molar-refractivity contribution in [2.24, 2.45) is 11.3 Å². The second kappa shape index (κ2) is 7.94. The second-order valence-electron chi connectivity index (χ2n) is 10.3. The van der Waals surface area contributed by atoms with Crippen molar-refractivity contribution >= 4 is 24.5 Å². The fourth-order valence-electron chi connectivity index (χ4n) is 5.70. The van der Waals surface area contributed by atoms with Gasteiger partial charge >= 0.3 is 0 Å². The lowest BCUT2D eigenvalue weighted by atomic mass is 9.70. The van der Waals surface area contributed by atoms with E-state index in [9.17, 15) is 4.79 Å². The zero-order chi connectivity index (χ0) is 21.4. The summed E-state index contributed by atoms with van der Waals surface area (Å²) in [5, 5.41) is 2.67. The van der Waals surface area contributed by atoms with Crippen molar-refractivity contribution in [1.29, 1.82) is 0 Å². The zero-order valence-electron chi connectivity index (χ0n) is 18.8. The Morgan fingerprint density at radius 3 is 2.07 bits per heavy atom. The summed E-state index contributed by atoms with van der Waals surface area (Å²) in [4.78, 5) is 12.0. The van der Waals surface area contributed by atoms with Gasteiger partial charge < -0.3 is 4.43 Å². The van der Waals surface area contributed by atoms with E-state index in [1.54, 1.807) is 0 Å². The molecule has 2 aromatic carbocycles. The maximum atomic E-state index is 12.0. The molecule has 0 radical (unpaired) electrons. The van der Waals surface area contributed by atoms with Crippen LogP contribution >= 0.6 is 0 Å². The third-order valence-corrected chi connectivity index (χ3v) is 12.5. The molecule has 2 aromatic rings. The highest BCUT2D eigenvalue weighted by molar-refractivity contribution is 6.99. The number of carbonyl (C=O) groups excluding carboxylic acids is 1. The Morgan fingerprint density at radius 2 is 1.53 bits per heavy atom. The first kappa shape index (κ1) is 21.3. The molecule has 30 heavy (non-hydrogen) atoms. The second-order valence-corrected chi connectivity index (χ2v) is 14.6. The van der Waals surface area contributed by atoms with E-state index in [4.69, 9.17) is 4.43 Å². The fourth-order valence-corrected chi connectivity index (χ4v) is 10.3. The molecule has 0 bridgehead atoms. The minimum atomic E-state index is -2.51. The molecule has 2 aliphatic carbocycles. The number of benzene rings is 2. The lowest BCUT2D eigenvalue weighted by Crippen LogP contribution is -2.67. The van der Waals surface area contributed by atoms with Gasteiger partial charge in [0.1, 0.15) is 0 Å². The Kier molecular flexibility index (Phi) is 5.63. The van der Waals surface area contributed by atoms with Gasteiger partial charge in [-0.25, -0.2) is 0 Å². The smallest absolute Gasteiger partial charge is 0.261 e. The third-order valence-electron chi connectivity index (χ3n) is 7.54. The van der Waals surface area contributed by atoms with E-state index in [1.807, 2.05) is 6.08 Å². The summed E-state index contributed by atoms with van der Waals surface area (Å²) in [6.07, 6.45) is 5.74. The number of carbonyl (C=O) groups is 1. The minimum absolute atomic E-state index is 0.00356. The summed E-state index contributed by atoms with van der Waals surface area (Å²) in [5.41, 5.74) is 1.47. The first-order valence-corrected chi connectivity index (χ1v) is 13.2. The van der Waals surface area contributed by atoms with Gasteiger partial charge in [-0.2, -0.15) is 0 Å². The molecule has 2 atom stereocenters. The minimum Gasteiger partial charge on any atom is -0.407 e. The molecule has 4 rings (SSSR count). The molecular weight excluding hydrogens is 384 g/mol. The molecule has 1 fully saturated rings. The van der Waals surface area contributed by atoms with Crippen LogP contribution in [0, 0.1) is 11.3 Å². The summed E-state index contributed by atoms with van der Waals surface area (Å²) in [6.45, 7) is 10.1. The molecular formula is C27H34O2Si. The zero-order valence-corrected chi connectivity index (χ0v) is 19.8. The van der Waals surface area contributed by atoms with Crippen molar-refractivity contribution in [3.63, 3.8) is 0 Å². The Bertz CT molecular complexity index is 887. The Hall–Kier alpha value is -1.97. The normalized spacial score (nSPS) is 24.5. The van der Waals surface area contributed by atoms with Gasteiger partial charge in [0.05, 0.1) is 0 Å². The van der Waals surface area contributed by atoms with E-state index in [1.165, 1.54) is 15.9 Å². The predicted molar refractivity (Wildman–Crippen MR) is 127 cm³/mol. The molecule has 0 unspecified atom stereocenters. The van der Waals surface area contributed by atoms with Crippen LogP contribution < -0.4 is 10.4 Å². The predicted octanol–water partition coefficient (Wildman–Crippen LogP) is 5.27. The number of hydrogen-bond donors (Lipinski definition) is 0. The van der Waals surface area contributed by atoms with E-state index in [0.717, 1.165) is 25.9 Å². The highest BCUT2D eigenvalue weighted by Crippen LogP contribution is 2.53. The molecule has 0 spiro atoms. The fraction of sp³-hybridized carbons (Fsp3) is 0.444. The van der Waals surface area contributed by atoms with Crippen LogP contribution in [0.15, 0.2) is 72.3 Å². The Morgan fingerprint density at radius 1 is 0.967 bits per heavy atom. The van der Waals surface area contributed by atoms with Crippen molar-refractivity contribution in [1.82, 2.24) is 0 Å². The van der Waals surface area contributed by atoms with Crippen molar-refractivity contribution in [2.75, 3.05) is 6.61 Å². The summed E-state index contributed by atoms with van der Waals surface area (Å²) in [7, 11) is -2.51. The monoisotopic (exact) mass is 418 g/mol. The number of fused-ring (bicyclic) bond motifs is 1. The Labute approximate surface area is 182 Å². The van der Waals surface area contributed by atoms with E-state index < -0.39 is 8.32 Å². The summed E-state index contributed by atoms with van der Waals surface area (Å²) in [6, 6.07) is 21.8. The van der Waals surface area contributed by atoms with Crippen LogP contribution in [0.4, 0.5) is 0 Å². The average molecular weight is 419 g/mol. The lowest BCUT2D eigenvalue weighted by molar-refractivity contribution is -0.115. The molecule has 2 nitrogen and oxygen atoms in total. The lowest BCUT2D eigenvalue weighted by Gasteiger charge is -2.45. The molecule has 3 heteroatoms. The number of allylic oxidation sites excluding steroid dienone is 2. The summed E-state index contributed by atoms with van der Waals surface area (Å²) < 4.78 is 7.22. The maximum Gasteiger partial charge on any atom is 0.261 e. The van der Waals surface area contributed by atoms with Gasteiger partial charge in [-0.15, -0.1) is 0 Å². The first-order valence-electron chi connectivity index (χ1n) is 11.3. The number of hydrogen-bond acceptors (Lipinski definition) is 2. The highest BCUT2D eigenvalue weighted by atomic mass is 28.4. The van der Waals surface area contributed by atoms with Gasteiger partial charge in [0, 0.05) is 13.0 Å². The van der Waals surface area contributed by atoms with Gasteiger partial charge in [0.15, 0.2) is 5.78 Å². The van der Waals surface area contributed by atoms with Crippen LogP contribution in [-0.2, 0) is 9.22 Å². The van der Waals surface area contributed by atoms with Crippen LogP contribution in [0.3, 0.4) is 0 Å². The van der Waals surface area contributed by atoms with Gasteiger partial charge in [-0.3, -0.25) is 4.79 Å². The molecule has 0 N–H and O–H groups in total. The maximum absolute atomic E-state index is 12.0. The van der Waals surface area contributed by atoms with Gasteiger partial charge in [0.2, 0.25) is 0 Å². The number of ketones is 1. The van der Waals surface area contributed by atoms with Gasteiger partial charge in [-0.1, -0.05) is 93.9 Å². The highest BCUT2D eigenvalue weighted by Gasteiger charge is 2.52. The molecule has 2 aliphatic rings. The summed E-state index contributed by atoms with van der Waals surface area (Å²) in [5.74, 6) is 0.773. The quantitative estimate of drug-likeness (QED) is 0.619. The van der Waals surface area contributed by atoms with E-state index in [2.05, 4.69) is 88.4 Å². The van der Waals surface area contributed by atoms with Crippen LogP contribution in [0.5, 0.6) is 0 Å². The standard InChI is InChI=1S/C27H34O2Si/c1-26(2,3)30(24-11-7-5-8-12-24,25-13-9-6-10-14-25)29-20-22-16-15-21-19-23(28)17-18-27(21,22)4/h5-14,19,22H,15-18,20H2,1-4H3/t22-,27+/m1/s1. The average Bonchev–Trinajstić information content (AvgIpc) is 3.05.